The predicted octanol–water partition coefficient (Wildman–Crippen LogP) is 3.37. The highest BCUT2D eigenvalue weighted by molar-refractivity contribution is 5.81. The normalized spacial score (nSPS) is 19.9. The van der Waals surface area contributed by atoms with Crippen LogP contribution in [-0.2, 0) is 17.9 Å². The summed E-state index contributed by atoms with van der Waals surface area (Å²) in [6, 6.07) is 9.08. The van der Waals surface area contributed by atoms with E-state index in [1.165, 1.54) is 24.0 Å². The molecule has 3 rings (SSSR count). The highest BCUT2D eigenvalue weighted by Gasteiger charge is 2.32. The lowest BCUT2D eigenvalue weighted by Gasteiger charge is -2.21. The molecule has 1 amide bonds. The Labute approximate surface area is 188 Å². The summed E-state index contributed by atoms with van der Waals surface area (Å²) in [7, 11) is 0. The number of rotatable bonds is 9. The van der Waals surface area contributed by atoms with Crippen molar-refractivity contribution in [3.05, 3.63) is 35.4 Å². The van der Waals surface area contributed by atoms with E-state index in [9.17, 15) is 4.79 Å². The Morgan fingerprint density at radius 1 is 1.06 bits per heavy atom. The quantitative estimate of drug-likeness (QED) is 0.469. The molecule has 1 heterocycles. The van der Waals surface area contributed by atoms with Gasteiger partial charge in [0, 0.05) is 38.1 Å². The zero-order valence-corrected chi connectivity index (χ0v) is 19.7. The topological polar surface area (TPSA) is 60.0 Å². The molecule has 0 bridgehead atoms. The maximum absolute atomic E-state index is 12.7. The third-order valence-corrected chi connectivity index (χ3v) is 6.63. The maximum Gasteiger partial charge on any atom is 0.225 e. The number of amides is 1. The van der Waals surface area contributed by atoms with Crippen molar-refractivity contribution in [2.24, 2.45) is 10.9 Å². The first-order chi connectivity index (χ1) is 15.1. The third-order valence-electron chi connectivity index (χ3n) is 6.63. The zero-order chi connectivity index (χ0) is 22.1. The van der Waals surface area contributed by atoms with E-state index in [-0.39, 0.29) is 12.0 Å². The first kappa shape index (κ1) is 23.6. The Morgan fingerprint density at radius 3 is 2.39 bits per heavy atom. The van der Waals surface area contributed by atoms with Gasteiger partial charge in [0.15, 0.2) is 5.96 Å². The molecular weight excluding hydrogens is 386 g/mol. The van der Waals surface area contributed by atoms with Gasteiger partial charge in [0.2, 0.25) is 5.91 Å². The average molecular weight is 428 g/mol. The molecule has 1 saturated carbocycles. The van der Waals surface area contributed by atoms with Crippen LogP contribution in [0.2, 0.25) is 0 Å². The third kappa shape index (κ3) is 6.96. The van der Waals surface area contributed by atoms with E-state index in [0.29, 0.717) is 12.5 Å². The second-order valence-corrected chi connectivity index (χ2v) is 8.87. The fraction of sp³-hybridized carbons (Fsp3) is 0.680. The lowest BCUT2D eigenvalue weighted by molar-refractivity contribution is -0.134. The predicted molar refractivity (Wildman–Crippen MR) is 128 cm³/mol. The van der Waals surface area contributed by atoms with Crippen LogP contribution in [0.3, 0.4) is 0 Å². The van der Waals surface area contributed by atoms with Gasteiger partial charge in [0.1, 0.15) is 0 Å². The van der Waals surface area contributed by atoms with Crippen LogP contribution in [0, 0.1) is 5.92 Å². The minimum atomic E-state index is 0.269. The number of nitrogens with one attached hydrogen (secondary N) is 2. The number of nitrogens with zero attached hydrogens (tertiary/aromatic N) is 3. The van der Waals surface area contributed by atoms with Crippen molar-refractivity contribution in [1.82, 2.24) is 20.4 Å². The van der Waals surface area contributed by atoms with Gasteiger partial charge in [-0.1, -0.05) is 51.0 Å². The van der Waals surface area contributed by atoms with Gasteiger partial charge in [-0.25, -0.2) is 4.99 Å². The van der Waals surface area contributed by atoms with Gasteiger partial charge in [0.25, 0.3) is 0 Å². The Balaban J connectivity index is 1.51. The summed E-state index contributed by atoms with van der Waals surface area (Å²) < 4.78 is 0. The van der Waals surface area contributed by atoms with E-state index in [1.54, 1.807) is 0 Å². The van der Waals surface area contributed by atoms with E-state index in [2.05, 4.69) is 65.5 Å². The van der Waals surface area contributed by atoms with Crippen LogP contribution < -0.4 is 10.6 Å². The van der Waals surface area contributed by atoms with Gasteiger partial charge in [-0.05, 0) is 50.4 Å². The van der Waals surface area contributed by atoms with Crippen molar-refractivity contribution in [3.8, 4) is 0 Å². The maximum atomic E-state index is 12.7. The van der Waals surface area contributed by atoms with E-state index >= 15 is 0 Å². The van der Waals surface area contributed by atoms with Crippen LogP contribution in [0.1, 0.15) is 64.0 Å². The Kier molecular flexibility index (Phi) is 9.19. The SMILES string of the molecule is CCNC(=NCc1ccc(CN(CC)CC)cc1)NC1CCN(C(=O)C2CCCC2)C1. The molecule has 1 saturated heterocycles. The number of benzene rings is 1. The summed E-state index contributed by atoms with van der Waals surface area (Å²) in [6.45, 7) is 12.8. The minimum absolute atomic E-state index is 0.269. The Morgan fingerprint density at radius 2 is 1.74 bits per heavy atom. The minimum Gasteiger partial charge on any atom is -0.357 e. The van der Waals surface area contributed by atoms with Crippen LogP contribution in [0.25, 0.3) is 0 Å². The molecule has 0 aromatic heterocycles. The number of carbonyl (C=O) groups is 1. The first-order valence-corrected chi connectivity index (χ1v) is 12.3. The molecule has 2 fully saturated rings. The molecule has 1 aromatic rings. The average Bonchev–Trinajstić information content (AvgIpc) is 3.49. The lowest BCUT2D eigenvalue weighted by atomic mass is 10.1. The molecule has 6 heteroatoms. The molecule has 31 heavy (non-hydrogen) atoms. The summed E-state index contributed by atoms with van der Waals surface area (Å²) in [5.74, 6) is 1.48. The van der Waals surface area contributed by atoms with Crippen molar-refractivity contribution in [3.63, 3.8) is 0 Å². The molecule has 6 nitrogen and oxygen atoms in total. The second-order valence-electron chi connectivity index (χ2n) is 8.87. The van der Waals surface area contributed by atoms with Crippen LogP contribution in [0.5, 0.6) is 0 Å². The molecule has 1 unspecified atom stereocenters. The summed E-state index contributed by atoms with van der Waals surface area (Å²) in [4.78, 5) is 22.0. The Bertz CT molecular complexity index is 707. The molecule has 1 aliphatic carbocycles. The molecule has 1 aliphatic heterocycles. The summed E-state index contributed by atoms with van der Waals surface area (Å²) >= 11 is 0. The van der Waals surface area contributed by atoms with Crippen LogP contribution in [0.15, 0.2) is 29.3 Å². The fourth-order valence-electron chi connectivity index (χ4n) is 4.65. The second kappa shape index (κ2) is 12.1. The number of hydrogen-bond donors (Lipinski definition) is 2. The zero-order valence-electron chi connectivity index (χ0n) is 19.7. The monoisotopic (exact) mass is 427 g/mol. The van der Waals surface area contributed by atoms with Crippen molar-refractivity contribution >= 4 is 11.9 Å². The molecule has 0 radical (unpaired) electrons. The molecule has 2 aliphatic rings. The van der Waals surface area contributed by atoms with E-state index in [1.807, 2.05) is 0 Å². The van der Waals surface area contributed by atoms with Gasteiger partial charge in [-0.15, -0.1) is 0 Å². The number of carbonyl (C=O) groups excluding carboxylic acids is 1. The highest BCUT2D eigenvalue weighted by atomic mass is 16.2. The van der Waals surface area contributed by atoms with Crippen molar-refractivity contribution in [2.45, 2.75) is 72.0 Å². The number of likely N-dealkylation sites (tertiary alicyclic amines) is 1. The highest BCUT2D eigenvalue weighted by Crippen LogP contribution is 2.27. The fourth-order valence-corrected chi connectivity index (χ4v) is 4.65. The molecule has 172 valence electrons. The van der Waals surface area contributed by atoms with E-state index < -0.39 is 0 Å². The van der Waals surface area contributed by atoms with Crippen molar-refractivity contribution in [1.29, 1.82) is 0 Å². The van der Waals surface area contributed by atoms with Gasteiger partial charge < -0.3 is 15.5 Å². The summed E-state index contributed by atoms with van der Waals surface area (Å²) in [6.07, 6.45) is 5.55. The standard InChI is InChI=1S/C25H41N5O/c1-4-26-25(27-17-20-11-13-21(14-12-20)18-29(5-2)6-3)28-23-15-16-30(19-23)24(31)22-9-7-8-10-22/h11-14,22-23H,4-10,15-19H2,1-3H3,(H2,26,27,28). The largest absolute Gasteiger partial charge is 0.357 e. The molecule has 1 atom stereocenters. The molecule has 0 spiro atoms. The number of guanidine groups is 1. The molecular formula is C25H41N5O. The van der Waals surface area contributed by atoms with Gasteiger partial charge >= 0.3 is 0 Å². The Hall–Kier alpha value is -2.08. The summed E-state index contributed by atoms with van der Waals surface area (Å²) in [5, 5.41) is 6.91. The van der Waals surface area contributed by atoms with Gasteiger partial charge in [-0.3, -0.25) is 9.69 Å². The summed E-state index contributed by atoms with van der Waals surface area (Å²) in [5.41, 5.74) is 2.56. The molecule has 1 aromatic carbocycles. The van der Waals surface area contributed by atoms with Gasteiger partial charge in [-0.2, -0.15) is 0 Å². The van der Waals surface area contributed by atoms with E-state index in [4.69, 9.17) is 4.99 Å². The lowest BCUT2D eigenvalue weighted by Crippen LogP contribution is -2.45. The van der Waals surface area contributed by atoms with Crippen LogP contribution in [-0.4, -0.2) is 60.4 Å². The van der Waals surface area contributed by atoms with Gasteiger partial charge in [0.05, 0.1) is 6.54 Å². The number of hydrogen-bond acceptors (Lipinski definition) is 3. The van der Waals surface area contributed by atoms with Crippen molar-refractivity contribution < 1.29 is 4.79 Å². The van der Waals surface area contributed by atoms with Crippen LogP contribution >= 0.6 is 0 Å². The first-order valence-electron chi connectivity index (χ1n) is 12.3. The van der Waals surface area contributed by atoms with Crippen LogP contribution in [0.4, 0.5) is 0 Å². The number of aliphatic imine (C=N–C) groups is 1. The smallest absolute Gasteiger partial charge is 0.225 e. The van der Waals surface area contributed by atoms with E-state index in [0.717, 1.165) is 64.5 Å². The van der Waals surface area contributed by atoms with Crippen molar-refractivity contribution in [2.75, 3.05) is 32.7 Å². The molecule has 2 N–H and O–H groups in total.